The third kappa shape index (κ3) is 20.3. The van der Waals surface area contributed by atoms with E-state index in [4.69, 9.17) is 10.8 Å². The second-order valence-corrected chi connectivity index (χ2v) is 13.5. The molecule has 54 heavy (non-hydrogen) atoms. The van der Waals surface area contributed by atoms with Crippen LogP contribution >= 0.6 is 12.4 Å². The Bertz CT molecular complexity index is 1410. The van der Waals surface area contributed by atoms with Crippen LogP contribution in [0.1, 0.15) is 102 Å². The molecular formula is C40H63ClN4O9. The number of rotatable bonds is 19. The molecule has 0 spiro atoms. The van der Waals surface area contributed by atoms with Gasteiger partial charge in [0, 0.05) is 47.5 Å². The van der Waals surface area contributed by atoms with Crippen molar-refractivity contribution in [3.05, 3.63) is 71.8 Å². The zero-order chi connectivity index (χ0) is 40.7. The zero-order valence-electron chi connectivity index (χ0n) is 33.1. The van der Waals surface area contributed by atoms with E-state index in [-0.39, 0.29) is 73.3 Å². The number of hydrogen-bond acceptors (Lipinski definition) is 9. The summed E-state index contributed by atoms with van der Waals surface area (Å²) >= 11 is 0. The highest BCUT2D eigenvalue weighted by molar-refractivity contribution is 5.91. The Kier molecular flexibility index (Phi) is 27.2. The summed E-state index contributed by atoms with van der Waals surface area (Å²) in [6.45, 7) is 7.59. The van der Waals surface area contributed by atoms with Crippen molar-refractivity contribution in [2.75, 3.05) is 28.2 Å². The first-order valence-corrected chi connectivity index (χ1v) is 18.1. The van der Waals surface area contributed by atoms with E-state index in [1.54, 1.807) is 59.4 Å². The van der Waals surface area contributed by atoms with Crippen molar-refractivity contribution < 1.29 is 44.1 Å². The van der Waals surface area contributed by atoms with Crippen molar-refractivity contribution in [1.82, 2.24) is 15.1 Å². The number of hydrogen-bond donors (Lipinski definition) is 5. The molecule has 0 aliphatic heterocycles. The number of amides is 3. The van der Waals surface area contributed by atoms with Crippen LogP contribution in [0.2, 0.25) is 0 Å². The molecule has 4 unspecified atom stereocenters. The van der Waals surface area contributed by atoms with E-state index in [0.29, 0.717) is 5.56 Å². The largest absolute Gasteiger partial charge is 0.481 e. The van der Waals surface area contributed by atoms with E-state index in [0.717, 1.165) is 31.2 Å². The average Bonchev–Trinajstić information content (AvgIpc) is 3.14. The lowest BCUT2D eigenvalue weighted by Gasteiger charge is -2.22. The van der Waals surface area contributed by atoms with Crippen molar-refractivity contribution in [3.63, 3.8) is 0 Å². The number of ketones is 2. The van der Waals surface area contributed by atoms with Crippen LogP contribution in [-0.2, 0) is 28.8 Å². The van der Waals surface area contributed by atoms with Gasteiger partial charge in [-0.15, -0.1) is 12.4 Å². The lowest BCUT2D eigenvalue weighted by atomic mass is 9.94. The first-order chi connectivity index (χ1) is 24.9. The Balaban J connectivity index is 0. The van der Waals surface area contributed by atoms with Crippen LogP contribution in [0.25, 0.3) is 0 Å². The highest BCUT2D eigenvalue weighted by atomic mass is 35.5. The highest BCUT2D eigenvalue weighted by Crippen LogP contribution is 2.17. The smallest absolute Gasteiger partial charge is 0.303 e. The van der Waals surface area contributed by atoms with Gasteiger partial charge in [0.15, 0.2) is 11.6 Å². The van der Waals surface area contributed by atoms with Gasteiger partial charge in [0.25, 0.3) is 0 Å². The summed E-state index contributed by atoms with van der Waals surface area (Å²) in [4.78, 5) is 72.5. The molecule has 0 aliphatic carbocycles. The minimum atomic E-state index is -1.05. The van der Waals surface area contributed by atoms with Gasteiger partial charge in [-0.2, -0.15) is 0 Å². The maximum absolute atomic E-state index is 12.4. The number of nitrogens with two attached hydrogens (primary N) is 1. The lowest BCUT2D eigenvalue weighted by molar-refractivity contribution is -0.140. The number of carboxylic acids is 1. The average molecular weight is 779 g/mol. The fraction of sp³-hybridized carbons (Fsp3) is 0.550. The van der Waals surface area contributed by atoms with Gasteiger partial charge in [0.1, 0.15) is 24.3 Å². The standard InChI is InChI=1S/C20H30N2O4.C10H14N2O.C10H18O4.ClH/c1-5-9-14(2)19(25)16(23)12-13-17(24)21-18(20(26)22(3)4)15-10-7-6-8-11-15;1-12(2)10(13)9(11)8-6-4-3-5-7-8;1-3-4-7(2)10(14)8(11)5-6-9(12)13;/h6-8,10-11,14,18-19,25H,5,9,12-13H2,1-4H3,(H,21,24);3-7,9H,11H2,1-2H3;7,10,14H,3-6H2,1-2H3,(H,12,13);1H/t14?,18-,19?;9-;;/m00../s1. The molecule has 13 nitrogen and oxygen atoms in total. The number of aliphatic hydroxyl groups excluding tert-OH is 2. The minimum Gasteiger partial charge on any atom is -0.481 e. The Labute approximate surface area is 327 Å². The van der Waals surface area contributed by atoms with Gasteiger partial charge in [-0.25, -0.2) is 0 Å². The normalized spacial score (nSPS) is 13.6. The molecule has 0 bridgehead atoms. The number of carboxylic acid groups (broad SMARTS) is 1. The summed E-state index contributed by atoms with van der Waals surface area (Å²) in [7, 11) is 6.65. The molecule has 0 heterocycles. The summed E-state index contributed by atoms with van der Waals surface area (Å²) < 4.78 is 0. The third-order valence-corrected chi connectivity index (χ3v) is 8.40. The van der Waals surface area contributed by atoms with Crippen LogP contribution in [0, 0.1) is 11.8 Å². The van der Waals surface area contributed by atoms with E-state index in [2.05, 4.69) is 5.32 Å². The Morgan fingerprint density at radius 3 is 1.41 bits per heavy atom. The number of nitrogens with one attached hydrogen (secondary N) is 1. The molecule has 0 aromatic heterocycles. The molecule has 6 N–H and O–H groups in total. The van der Waals surface area contributed by atoms with Gasteiger partial charge in [0.05, 0.1) is 6.42 Å². The first kappa shape index (κ1) is 51.9. The summed E-state index contributed by atoms with van der Waals surface area (Å²) in [6.07, 6.45) is 0.899. The number of nitrogens with zero attached hydrogens (tertiary/aromatic N) is 2. The molecule has 14 heteroatoms. The van der Waals surface area contributed by atoms with Gasteiger partial charge in [0.2, 0.25) is 17.7 Å². The van der Waals surface area contributed by atoms with Crippen molar-refractivity contribution in [2.45, 2.75) is 103 Å². The maximum atomic E-state index is 12.4. The van der Waals surface area contributed by atoms with Crippen molar-refractivity contribution in [1.29, 1.82) is 0 Å². The maximum Gasteiger partial charge on any atom is 0.303 e. The number of carbonyl (C=O) groups is 6. The SMILES string of the molecule is CCCC(C)C(O)C(=O)CCC(=O)N[C@H](C(=O)N(C)C)c1ccccc1.CCCC(C)C(O)C(=O)CCC(=O)O.CN(C)C(=O)[C@@H](N)c1ccccc1.Cl. The summed E-state index contributed by atoms with van der Waals surface area (Å²) in [5.41, 5.74) is 7.28. The van der Waals surface area contributed by atoms with Gasteiger partial charge >= 0.3 is 5.97 Å². The predicted octanol–water partition coefficient (Wildman–Crippen LogP) is 4.49. The topological polar surface area (TPSA) is 208 Å². The molecule has 0 fully saturated rings. The number of aliphatic hydroxyl groups is 2. The molecule has 2 aromatic rings. The molecule has 304 valence electrons. The number of Topliss-reactive ketones (excluding diaryl/α,β-unsaturated/α-hetero) is 2. The van der Waals surface area contributed by atoms with Crippen LogP contribution in [0.5, 0.6) is 0 Å². The van der Waals surface area contributed by atoms with Gasteiger partial charge in [-0.1, -0.05) is 101 Å². The van der Waals surface area contributed by atoms with E-state index >= 15 is 0 Å². The molecule has 2 rings (SSSR count). The molecule has 6 atom stereocenters. The monoisotopic (exact) mass is 778 g/mol. The number of benzene rings is 2. The van der Waals surface area contributed by atoms with Gasteiger partial charge < -0.3 is 36.2 Å². The van der Waals surface area contributed by atoms with E-state index in [1.807, 2.05) is 57.2 Å². The number of aliphatic carboxylic acids is 1. The Morgan fingerprint density at radius 2 is 1.04 bits per heavy atom. The number of likely N-dealkylation sites (N-methyl/N-ethyl adjacent to an activating group) is 2. The highest BCUT2D eigenvalue weighted by Gasteiger charge is 2.26. The molecular weight excluding hydrogens is 716 g/mol. The van der Waals surface area contributed by atoms with Crippen LogP contribution in [-0.4, -0.2) is 101 Å². The fourth-order valence-electron chi connectivity index (χ4n) is 5.13. The van der Waals surface area contributed by atoms with Gasteiger partial charge in [-0.3, -0.25) is 28.8 Å². The predicted molar refractivity (Wildman–Crippen MR) is 212 cm³/mol. The first-order valence-electron chi connectivity index (χ1n) is 18.1. The Morgan fingerprint density at radius 1 is 0.648 bits per heavy atom. The van der Waals surface area contributed by atoms with Crippen LogP contribution in [0.3, 0.4) is 0 Å². The summed E-state index contributed by atoms with van der Waals surface area (Å²) in [5, 5.41) is 30.5. The van der Waals surface area contributed by atoms with E-state index in [1.165, 1.54) is 9.80 Å². The van der Waals surface area contributed by atoms with Crippen molar-refractivity contribution in [3.8, 4) is 0 Å². The van der Waals surface area contributed by atoms with E-state index in [9.17, 15) is 39.0 Å². The Hall–Kier alpha value is -4.17. The minimum absolute atomic E-state index is 0. The summed E-state index contributed by atoms with van der Waals surface area (Å²) in [5.74, 6) is -2.63. The van der Waals surface area contributed by atoms with Crippen LogP contribution in [0.15, 0.2) is 60.7 Å². The van der Waals surface area contributed by atoms with E-state index < -0.39 is 36.2 Å². The zero-order valence-corrected chi connectivity index (χ0v) is 33.9. The van der Waals surface area contributed by atoms with Crippen LogP contribution < -0.4 is 11.1 Å². The summed E-state index contributed by atoms with van der Waals surface area (Å²) in [6, 6.07) is 17.0. The molecule has 2 aromatic carbocycles. The molecule has 0 saturated carbocycles. The second-order valence-electron chi connectivity index (χ2n) is 13.5. The van der Waals surface area contributed by atoms with Gasteiger partial charge in [-0.05, 0) is 35.8 Å². The number of carbonyl (C=O) groups excluding carboxylic acids is 5. The molecule has 0 radical (unpaired) electrons. The molecule has 3 amide bonds. The lowest BCUT2D eigenvalue weighted by Crippen LogP contribution is -2.40. The van der Waals surface area contributed by atoms with Crippen molar-refractivity contribution in [2.24, 2.45) is 17.6 Å². The quantitative estimate of drug-likeness (QED) is 0.135. The fourth-order valence-corrected chi connectivity index (χ4v) is 5.13. The second kappa shape index (κ2) is 28.3. The number of halogens is 1. The third-order valence-electron chi connectivity index (χ3n) is 8.40. The van der Waals surface area contributed by atoms with Crippen molar-refractivity contribution >= 4 is 47.7 Å². The van der Waals surface area contributed by atoms with Crippen LogP contribution in [0.4, 0.5) is 0 Å². The molecule has 0 saturated heterocycles. The molecule has 0 aliphatic rings.